The quantitative estimate of drug-likeness (QED) is 0.563. The van der Waals surface area contributed by atoms with Crippen LogP contribution in [0.25, 0.3) is 10.9 Å². The fourth-order valence-electron chi connectivity index (χ4n) is 4.14. The Morgan fingerprint density at radius 1 is 1.07 bits per heavy atom. The molecule has 3 aromatic rings. The van der Waals surface area contributed by atoms with Crippen LogP contribution < -0.4 is 0 Å². The van der Waals surface area contributed by atoms with E-state index in [9.17, 15) is 8.42 Å². The maximum atomic E-state index is 13.3. The molecular formula is C22H25Cl2N3O2S. The minimum absolute atomic E-state index is 0.193. The van der Waals surface area contributed by atoms with Crippen LogP contribution in [0.1, 0.15) is 18.1 Å². The molecule has 4 rings (SSSR count). The first-order valence-corrected chi connectivity index (χ1v) is 12.1. The van der Waals surface area contributed by atoms with Crippen molar-refractivity contribution in [2.75, 3.05) is 26.7 Å². The van der Waals surface area contributed by atoms with Gasteiger partial charge in [-0.1, -0.05) is 23.2 Å². The van der Waals surface area contributed by atoms with Crippen LogP contribution >= 0.6 is 23.2 Å². The van der Waals surface area contributed by atoms with E-state index in [2.05, 4.69) is 23.8 Å². The van der Waals surface area contributed by atoms with E-state index in [1.165, 1.54) is 16.1 Å². The third-order valence-electron chi connectivity index (χ3n) is 5.91. The van der Waals surface area contributed by atoms with Crippen molar-refractivity contribution in [3.05, 3.63) is 63.8 Å². The lowest BCUT2D eigenvalue weighted by molar-refractivity contribution is 0.100. The molecule has 2 aromatic carbocycles. The Morgan fingerprint density at radius 2 is 1.77 bits per heavy atom. The molecule has 1 saturated heterocycles. The first kappa shape index (κ1) is 21.7. The van der Waals surface area contributed by atoms with E-state index in [0.29, 0.717) is 21.6 Å². The molecule has 1 aliphatic heterocycles. The molecule has 8 heteroatoms. The number of aromatic nitrogens is 1. The number of piperazine rings is 1. The average molecular weight is 466 g/mol. The Balaban J connectivity index is 1.78. The second-order valence-electron chi connectivity index (χ2n) is 8.09. The Kier molecular flexibility index (Phi) is 5.90. The lowest BCUT2D eigenvalue weighted by Crippen LogP contribution is -2.49. The molecule has 1 unspecified atom stereocenters. The summed E-state index contributed by atoms with van der Waals surface area (Å²) >= 11 is 12.4. The summed E-state index contributed by atoms with van der Waals surface area (Å²) in [6, 6.07) is 10.4. The van der Waals surface area contributed by atoms with E-state index in [0.717, 1.165) is 42.7 Å². The second-order valence-corrected chi connectivity index (χ2v) is 10.8. The lowest BCUT2D eigenvalue weighted by Gasteiger charge is -2.37. The molecule has 0 bridgehead atoms. The van der Waals surface area contributed by atoms with Crippen molar-refractivity contribution in [1.82, 2.24) is 13.8 Å². The monoisotopic (exact) mass is 465 g/mol. The van der Waals surface area contributed by atoms with Gasteiger partial charge in [-0.25, -0.2) is 12.4 Å². The van der Waals surface area contributed by atoms with Crippen molar-refractivity contribution in [1.29, 1.82) is 0 Å². The number of likely N-dealkylation sites (N-methyl/N-ethyl adjacent to an activating group) is 1. The molecule has 1 aliphatic rings. The second kappa shape index (κ2) is 8.17. The Bertz CT molecular complexity index is 1190. The van der Waals surface area contributed by atoms with Gasteiger partial charge in [0, 0.05) is 53.8 Å². The van der Waals surface area contributed by atoms with E-state index in [-0.39, 0.29) is 4.90 Å². The van der Waals surface area contributed by atoms with Gasteiger partial charge in [0.25, 0.3) is 10.0 Å². The smallest absolute Gasteiger partial charge is 0.268 e. The van der Waals surface area contributed by atoms with Crippen molar-refractivity contribution in [2.45, 2.75) is 31.3 Å². The van der Waals surface area contributed by atoms with Crippen molar-refractivity contribution >= 4 is 44.1 Å². The molecule has 1 aromatic heterocycles. The third-order valence-corrected chi connectivity index (χ3v) is 8.07. The predicted molar refractivity (Wildman–Crippen MR) is 123 cm³/mol. The van der Waals surface area contributed by atoms with E-state index < -0.39 is 10.0 Å². The highest BCUT2D eigenvalue weighted by atomic mass is 35.5. The van der Waals surface area contributed by atoms with Crippen LogP contribution in [0.3, 0.4) is 0 Å². The van der Waals surface area contributed by atoms with E-state index in [1.807, 2.05) is 13.0 Å². The number of hydrogen-bond acceptors (Lipinski definition) is 4. The van der Waals surface area contributed by atoms with Crippen molar-refractivity contribution in [3.8, 4) is 0 Å². The van der Waals surface area contributed by atoms with Crippen LogP contribution in [0, 0.1) is 6.92 Å². The Morgan fingerprint density at radius 3 is 2.43 bits per heavy atom. The van der Waals surface area contributed by atoms with Crippen LogP contribution in [0.2, 0.25) is 10.0 Å². The zero-order valence-corrected chi connectivity index (χ0v) is 19.6. The fraction of sp³-hybridized carbons (Fsp3) is 0.364. The third kappa shape index (κ3) is 3.99. The normalized spacial score (nSPS) is 18.9. The number of fused-ring (bicyclic) bond motifs is 1. The van der Waals surface area contributed by atoms with E-state index in [4.69, 9.17) is 23.2 Å². The maximum absolute atomic E-state index is 13.3. The summed E-state index contributed by atoms with van der Waals surface area (Å²) in [4.78, 5) is 4.95. The molecule has 1 atom stereocenters. The van der Waals surface area contributed by atoms with Gasteiger partial charge >= 0.3 is 0 Å². The topological polar surface area (TPSA) is 45.6 Å². The zero-order valence-electron chi connectivity index (χ0n) is 17.3. The summed E-state index contributed by atoms with van der Waals surface area (Å²) < 4.78 is 28.0. The number of halogens is 2. The first-order valence-electron chi connectivity index (χ1n) is 9.90. The predicted octanol–water partition coefficient (Wildman–Crippen LogP) is 4.63. The Labute approximate surface area is 187 Å². The van der Waals surface area contributed by atoms with Crippen LogP contribution in [-0.2, 0) is 16.6 Å². The number of hydrogen-bond donors (Lipinski definition) is 0. The maximum Gasteiger partial charge on any atom is 0.268 e. The molecule has 2 heterocycles. The lowest BCUT2D eigenvalue weighted by atomic mass is 10.1. The largest absolute Gasteiger partial charge is 0.301 e. The summed E-state index contributed by atoms with van der Waals surface area (Å²) in [6.07, 6.45) is 1.68. The highest BCUT2D eigenvalue weighted by Gasteiger charge is 2.25. The molecule has 0 N–H and O–H groups in total. The molecule has 160 valence electrons. The van der Waals surface area contributed by atoms with E-state index >= 15 is 0 Å². The van der Waals surface area contributed by atoms with Gasteiger partial charge in [0.15, 0.2) is 0 Å². The molecule has 0 amide bonds. The average Bonchev–Trinajstić information content (AvgIpc) is 3.02. The zero-order chi connectivity index (χ0) is 21.6. The van der Waals surface area contributed by atoms with Gasteiger partial charge in [0.1, 0.15) is 0 Å². The van der Waals surface area contributed by atoms with Gasteiger partial charge in [0.05, 0.1) is 10.4 Å². The van der Waals surface area contributed by atoms with Gasteiger partial charge in [-0.05, 0) is 68.4 Å². The van der Waals surface area contributed by atoms with Gasteiger partial charge in [-0.2, -0.15) is 0 Å². The fourth-order valence-corrected chi connectivity index (χ4v) is 5.91. The van der Waals surface area contributed by atoms with Gasteiger partial charge in [0.2, 0.25) is 0 Å². The first-order chi connectivity index (χ1) is 14.2. The van der Waals surface area contributed by atoms with Gasteiger partial charge in [-0.15, -0.1) is 0 Å². The van der Waals surface area contributed by atoms with Crippen molar-refractivity contribution < 1.29 is 8.42 Å². The van der Waals surface area contributed by atoms with Crippen LogP contribution in [0.5, 0.6) is 0 Å². The molecular weight excluding hydrogens is 441 g/mol. The SMILES string of the molecule is Cc1cn(S(=O)(=O)c2ccc(Cl)cc2)c2cc(Cl)cc(CN3CCN(C)C(C)C3)c12. The highest BCUT2D eigenvalue weighted by Crippen LogP contribution is 2.32. The van der Waals surface area contributed by atoms with Crippen LogP contribution in [0.15, 0.2) is 47.5 Å². The summed E-state index contributed by atoms with van der Waals surface area (Å²) in [5.74, 6) is 0. The molecule has 1 fully saturated rings. The summed E-state index contributed by atoms with van der Waals surface area (Å²) in [6.45, 7) is 7.85. The summed E-state index contributed by atoms with van der Waals surface area (Å²) in [7, 11) is -1.62. The standard InChI is InChI=1S/C22H25Cl2N3O2S/c1-15-12-27(30(28,29)20-6-4-18(23)5-7-20)21-11-19(24)10-17(22(15)21)14-26-9-8-25(3)16(2)13-26/h4-7,10-12,16H,8-9,13-14H2,1-3H3. The number of aryl methyl sites for hydroxylation is 1. The van der Waals surface area contributed by atoms with Crippen LogP contribution in [0.4, 0.5) is 0 Å². The van der Waals surface area contributed by atoms with Gasteiger partial charge in [-0.3, -0.25) is 4.90 Å². The number of rotatable bonds is 4. The molecule has 0 aliphatic carbocycles. The molecule has 0 radical (unpaired) electrons. The molecule has 5 nitrogen and oxygen atoms in total. The number of benzene rings is 2. The Hall–Kier alpha value is -1.57. The van der Waals surface area contributed by atoms with Crippen LogP contribution in [-0.4, -0.2) is 54.9 Å². The van der Waals surface area contributed by atoms with E-state index in [1.54, 1.807) is 24.4 Å². The molecule has 0 saturated carbocycles. The minimum Gasteiger partial charge on any atom is -0.301 e. The molecule has 30 heavy (non-hydrogen) atoms. The summed E-state index contributed by atoms with van der Waals surface area (Å²) in [5, 5.41) is 1.98. The minimum atomic E-state index is -3.77. The highest BCUT2D eigenvalue weighted by molar-refractivity contribution is 7.90. The van der Waals surface area contributed by atoms with Gasteiger partial charge < -0.3 is 4.90 Å². The van der Waals surface area contributed by atoms with Crippen molar-refractivity contribution in [3.63, 3.8) is 0 Å². The molecule has 0 spiro atoms. The van der Waals surface area contributed by atoms with Crippen molar-refractivity contribution in [2.24, 2.45) is 0 Å². The summed E-state index contributed by atoms with van der Waals surface area (Å²) in [5.41, 5.74) is 2.57. The number of nitrogens with zero attached hydrogens (tertiary/aromatic N) is 3.